The average Bonchev–Trinajstić information content (AvgIpc) is 2.70. The largest absolute Gasteiger partial charge is 0.492 e. The fourth-order valence-electron chi connectivity index (χ4n) is 3.21. The molecule has 0 unspecified atom stereocenters. The number of carbonyl (C=O) groups excluding carboxylic acids is 1. The van der Waals surface area contributed by atoms with Crippen LogP contribution in [0, 0.1) is 6.92 Å². The van der Waals surface area contributed by atoms with Crippen LogP contribution in [0.5, 0.6) is 5.75 Å². The minimum absolute atomic E-state index is 0.0880. The Labute approximate surface area is 197 Å². The monoisotopic (exact) mass is 480 g/mol. The summed E-state index contributed by atoms with van der Waals surface area (Å²) in [6.45, 7) is 9.18. The van der Waals surface area contributed by atoms with Crippen LogP contribution in [0.3, 0.4) is 0 Å². The number of amides is 1. The maximum Gasteiger partial charge on any atom is 0.232 e. The Hall–Kier alpha value is -2.25. The number of hydrogen-bond donors (Lipinski definition) is 1. The number of nitrogens with one attached hydrogen (secondary N) is 1. The zero-order valence-electron chi connectivity index (χ0n) is 19.4. The predicted molar refractivity (Wildman–Crippen MR) is 131 cm³/mol. The first-order valence-corrected chi connectivity index (χ1v) is 12.8. The molecule has 2 aromatic rings. The molecule has 0 saturated carbocycles. The van der Waals surface area contributed by atoms with Crippen molar-refractivity contribution in [1.29, 1.82) is 0 Å². The lowest BCUT2D eigenvalue weighted by atomic mass is 9.87. The molecule has 0 saturated heterocycles. The van der Waals surface area contributed by atoms with Gasteiger partial charge in [-0.15, -0.1) is 0 Å². The standard InChI is InChI=1S/C24H33ClN2O4S/c1-18-21(25)8-6-9-22(18)27(32(5,29)30)16-7-10-23(28)26-15-17-31-20-13-11-19(12-14-20)24(2,3)4/h6,8-9,11-14H,7,10,15-17H2,1-5H3,(H,26,28). The first kappa shape index (κ1) is 26.0. The van der Waals surface area contributed by atoms with Crippen molar-refractivity contribution in [2.24, 2.45) is 0 Å². The number of carbonyl (C=O) groups is 1. The zero-order chi connectivity index (χ0) is 23.9. The van der Waals surface area contributed by atoms with Crippen LogP contribution < -0.4 is 14.4 Å². The molecule has 0 atom stereocenters. The minimum Gasteiger partial charge on any atom is -0.492 e. The van der Waals surface area contributed by atoms with Crippen LogP contribution in [0.2, 0.25) is 5.02 Å². The highest BCUT2D eigenvalue weighted by Crippen LogP contribution is 2.28. The van der Waals surface area contributed by atoms with Gasteiger partial charge >= 0.3 is 0 Å². The Balaban J connectivity index is 1.78. The maximum atomic E-state index is 12.3. The van der Waals surface area contributed by atoms with Gasteiger partial charge in [-0.3, -0.25) is 9.10 Å². The molecule has 32 heavy (non-hydrogen) atoms. The van der Waals surface area contributed by atoms with Gasteiger partial charge in [0.2, 0.25) is 15.9 Å². The number of ether oxygens (including phenoxy) is 1. The molecule has 8 heteroatoms. The van der Waals surface area contributed by atoms with E-state index in [0.717, 1.165) is 12.0 Å². The van der Waals surface area contributed by atoms with Gasteiger partial charge in [0.25, 0.3) is 0 Å². The lowest BCUT2D eigenvalue weighted by Crippen LogP contribution is -2.33. The van der Waals surface area contributed by atoms with E-state index < -0.39 is 10.0 Å². The third-order valence-electron chi connectivity index (χ3n) is 5.09. The van der Waals surface area contributed by atoms with Crippen LogP contribution >= 0.6 is 11.6 Å². The molecule has 0 aliphatic carbocycles. The van der Waals surface area contributed by atoms with Crippen LogP contribution in [0.4, 0.5) is 5.69 Å². The van der Waals surface area contributed by atoms with Crippen LogP contribution in [-0.4, -0.2) is 40.3 Å². The summed E-state index contributed by atoms with van der Waals surface area (Å²) < 4.78 is 31.5. The fourth-order valence-corrected chi connectivity index (χ4v) is 4.40. The quantitative estimate of drug-likeness (QED) is 0.500. The summed E-state index contributed by atoms with van der Waals surface area (Å²) in [5.41, 5.74) is 2.54. The molecule has 0 fully saturated rings. The summed E-state index contributed by atoms with van der Waals surface area (Å²) in [5.74, 6) is 0.612. The number of nitrogens with zero attached hydrogens (tertiary/aromatic N) is 1. The summed E-state index contributed by atoms with van der Waals surface area (Å²) >= 11 is 6.14. The number of rotatable bonds is 10. The summed E-state index contributed by atoms with van der Waals surface area (Å²) in [7, 11) is -3.50. The fraction of sp³-hybridized carbons (Fsp3) is 0.458. The molecule has 0 bridgehead atoms. The van der Waals surface area contributed by atoms with Crippen molar-refractivity contribution in [3.63, 3.8) is 0 Å². The molecular weight excluding hydrogens is 448 g/mol. The second-order valence-electron chi connectivity index (χ2n) is 8.80. The van der Waals surface area contributed by atoms with E-state index in [1.54, 1.807) is 25.1 Å². The SMILES string of the molecule is Cc1c(Cl)cccc1N(CCCC(=O)NCCOc1ccc(C(C)(C)C)cc1)S(C)(=O)=O. The molecule has 0 aromatic heterocycles. The molecule has 176 valence electrons. The first-order chi connectivity index (χ1) is 14.9. The highest BCUT2D eigenvalue weighted by Gasteiger charge is 2.20. The summed E-state index contributed by atoms with van der Waals surface area (Å²) in [6, 6.07) is 13.1. The number of anilines is 1. The van der Waals surface area contributed by atoms with Crippen LogP contribution in [-0.2, 0) is 20.2 Å². The van der Waals surface area contributed by atoms with Gasteiger partial charge in [0.1, 0.15) is 12.4 Å². The highest BCUT2D eigenvalue weighted by atomic mass is 35.5. The lowest BCUT2D eigenvalue weighted by molar-refractivity contribution is -0.121. The first-order valence-electron chi connectivity index (χ1n) is 10.6. The maximum absolute atomic E-state index is 12.3. The minimum atomic E-state index is -3.50. The van der Waals surface area contributed by atoms with E-state index in [4.69, 9.17) is 16.3 Å². The van der Waals surface area contributed by atoms with Gasteiger partial charge in [0.15, 0.2) is 0 Å². The third-order valence-corrected chi connectivity index (χ3v) is 6.68. The van der Waals surface area contributed by atoms with E-state index in [1.807, 2.05) is 24.3 Å². The van der Waals surface area contributed by atoms with Gasteiger partial charge < -0.3 is 10.1 Å². The third kappa shape index (κ3) is 7.71. The van der Waals surface area contributed by atoms with E-state index in [0.29, 0.717) is 35.8 Å². The van der Waals surface area contributed by atoms with Crippen molar-refractivity contribution in [2.75, 3.05) is 30.3 Å². The topological polar surface area (TPSA) is 75.7 Å². The summed E-state index contributed by atoms with van der Waals surface area (Å²) in [4.78, 5) is 12.1. The second-order valence-corrected chi connectivity index (χ2v) is 11.1. The van der Waals surface area contributed by atoms with Crippen molar-refractivity contribution in [3.8, 4) is 5.75 Å². The van der Waals surface area contributed by atoms with E-state index >= 15 is 0 Å². The Morgan fingerprint density at radius 1 is 1.12 bits per heavy atom. The Morgan fingerprint density at radius 3 is 2.38 bits per heavy atom. The molecule has 2 rings (SSSR count). The molecule has 0 aliphatic rings. The van der Waals surface area contributed by atoms with Gasteiger partial charge in [0.05, 0.1) is 18.5 Å². The molecule has 0 heterocycles. The number of halogens is 1. The number of benzene rings is 2. The van der Waals surface area contributed by atoms with E-state index in [-0.39, 0.29) is 24.3 Å². The molecule has 0 spiro atoms. The van der Waals surface area contributed by atoms with Crippen LogP contribution in [0.1, 0.15) is 44.7 Å². The average molecular weight is 481 g/mol. The molecular formula is C24H33ClN2O4S. The smallest absolute Gasteiger partial charge is 0.232 e. The van der Waals surface area contributed by atoms with Gasteiger partial charge in [-0.2, -0.15) is 0 Å². The number of sulfonamides is 1. The molecule has 1 N–H and O–H groups in total. The van der Waals surface area contributed by atoms with Gasteiger partial charge in [0, 0.05) is 18.0 Å². The summed E-state index contributed by atoms with van der Waals surface area (Å²) in [5, 5.41) is 3.31. The van der Waals surface area contributed by atoms with Crippen molar-refractivity contribution in [3.05, 3.63) is 58.6 Å². The van der Waals surface area contributed by atoms with Gasteiger partial charge in [-0.1, -0.05) is 50.6 Å². The Morgan fingerprint density at radius 2 is 1.78 bits per heavy atom. The van der Waals surface area contributed by atoms with Crippen molar-refractivity contribution in [1.82, 2.24) is 5.32 Å². The van der Waals surface area contributed by atoms with Gasteiger partial charge in [-0.25, -0.2) is 8.42 Å². The Kier molecular flexibility index (Phi) is 8.98. The summed E-state index contributed by atoms with van der Waals surface area (Å²) in [6.07, 6.45) is 1.75. The normalized spacial score (nSPS) is 11.8. The molecule has 2 aromatic carbocycles. The molecule has 6 nitrogen and oxygen atoms in total. The lowest BCUT2D eigenvalue weighted by Gasteiger charge is -2.24. The van der Waals surface area contributed by atoms with E-state index in [9.17, 15) is 13.2 Å². The zero-order valence-corrected chi connectivity index (χ0v) is 21.0. The number of hydrogen-bond acceptors (Lipinski definition) is 4. The Bertz CT molecular complexity index is 1020. The second kappa shape index (κ2) is 11.1. The predicted octanol–water partition coefficient (Wildman–Crippen LogP) is 4.69. The van der Waals surface area contributed by atoms with Crippen LogP contribution in [0.15, 0.2) is 42.5 Å². The van der Waals surface area contributed by atoms with Crippen LogP contribution in [0.25, 0.3) is 0 Å². The van der Waals surface area contributed by atoms with E-state index in [2.05, 4.69) is 26.1 Å². The van der Waals surface area contributed by atoms with Crippen molar-refractivity contribution < 1.29 is 17.9 Å². The van der Waals surface area contributed by atoms with Crippen molar-refractivity contribution >= 4 is 33.2 Å². The highest BCUT2D eigenvalue weighted by molar-refractivity contribution is 7.92. The molecule has 0 aliphatic heterocycles. The van der Waals surface area contributed by atoms with Crippen molar-refractivity contribution in [2.45, 2.75) is 46.0 Å². The van der Waals surface area contributed by atoms with Gasteiger partial charge in [-0.05, 0) is 54.2 Å². The molecule has 1 amide bonds. The van der Waals surface area contributed by atoms with E-state index in [1.165, 1.54) is 9.87 Å². The molecule has 0 radical (unpaired) electrons.